The molecule has 118 valence electrons. The Morgan fingerprint density at radius 1 is 0.909 bits per heavy atom. The number of hydrogen-bond acceptors (Lipinski definition) is 3. The molecule has 0 aliphatic heterocycles. The van der Waals surface area contributed by atoms with E-state index in [0.717, 1.165) is 37.6 Å². The quantitative estimate of drug-likeness (QED) is 0.698. The predicted octanol–water partition coefficient (Wildman–Crippen LogP) is 4.62. The van der Waals surface area contributed by atoms with Crippen LogP contribution in [0, 0.1) is 13.8 Å². The van der Waals surface area contributed by atoms with E-state index in [4.69, 9.17) is 4.74 Å². The molecule has 2 aromatic rings. The monoisotopic (exact) mass is 298 g/mol. The van der Waals surface area contributed by atoms with Crippen molar-refractivity contribution in [1.29, 1.82) is 0 Å². The average molecular weight is 298 g/mol. The summed E-state index contributed by atoms with van der Waals surface area (Å²) in [4.78, 5) is 0. The van der Waals surface area contributed by atoms with Gasteiger partial charge < -0.3 is 15.4 Å². The molecule has 0 aliphatic carbocycles. The molecule has 0 aliphatic rings. The number of rotatable bonds is 8. The van der Waals surface area contributed by atoms with Crippen molar-refractivity contribution >= 4 is 11.4 Å². The van der Waals surface area contributed by atoms with Gasteiger partial charge in [-0.15, -0.1) is 0 Å². The molecule has 0 aromatic heterocycles. The van der Waals surface area contributed by atoms with Crippen LogP contribution in [0.1, 0.15) is 24.5 Å². The van der Waals surface area contributed by atoms with Crippen molar-refractivity contribution in [3.63, 3.8) is 0 Å². The molecule has 0 heterocycles. The summed E-state index contributed by atoms with van der Waals surface area (Å²) in [5, 5.41) is 6.87. The molecule has 0 saturated carbocycles. The lowest BCUT2D eigenvalue weighted by molar-refractivity contribution is 0.317. The van der Waals surface area contributed by atoms with Gasteiger partial charge in [-0.25, -0.2) is 0 Å². The van der Waals surface area contributed by atoms with Crippen LogP contribution in [0.2, 0.25) is 0 Å². The highest BCUT2D eigenvalue weighted by atomic mass is 16.5. The second-order valence-electron chi connectivity index (χ2n) is 5.54. The lowest BCUT2D eigenvalue weighted by atomic mass is 10.1. The van der Waals surface area contributed by atoms with Crippen LogP contribution in [0.4, 0.5) is 11.4 Å². The Morgan fingerprint density at radius 3 is 2.32 bits per heavy atom. The minimum absolute atomic E-state index is 0.770. The molecular formula is C19H26N2O. The summed E-state index contributed by atoms with van der Waals surface area (Å²) >= 11 is 0. The smallest absolute Gasteiger partial charge is 0.119 e. The van der Waals surface area contributed by atoms with Crippen LogP contribution < -0.4 is 15.4 Å². The van der Waals surface area contributed by atoms with Crippen LogP contribution in [0.25, 0.3) is 0 Å². The van der Waals surface area contributed by atoms with E-state index in [0.29, 0.717) is 0 Å². The molecule has 2 N–H and O–H groups in total. The van der Waals surface area contributed by atoms with Crippen molar-refractivity contribution < 1.29 is 4.74 Å². The maximum atomic E-state index is 5.58. The summed E-state index contributed by atoms with van der Waals surface area (Å²) in [5.41, 5.74) is 4.91. The number of nitrogens with one attached hydrogen (secondary N) is 2. The molecule has 0 fully saturated rings. The van der Waals surface area contributed by atoms with Crippen LogP contribution in [-0.4, -0.2) is 19.7 Å². The van der Waals surface area contributed by atoms with Crippen molar-refractivity contribution in [3.05, 3.63) is 53.6 Å². The van der Waals surface area contributed by atoms with E-state index in [9.17, 15) is 0 Å². The predicted molar refractivity (Wildman–Crippen MR) is 95.1 cm³/mol. The zero-order valence-electron chi connectivity index (χ0n) is 13.8. The number of aryl methyl sites for hydroxylation is 2. The fourth-order valence-electron chi connectivity index (χ4n) is 2.30. The van der Waals surface area contributed by atoms with Crippen LogP contribution in [0.3, 0.4) is 0 Å². The first-order valence-corrected chi connectivity index (χ1v) is 7.97. The van der Waals surface area contributed by atoms with Crippen molar-refractivity contribution in [2.75, 3.05) is 30.3 Å². The Bertz CT molecular complexity index is 578. The van der Waals surface area contributed by atoms with Gasteiger partial charge in [0.1, 0.15) is 5.75 Å². The van der Waals surface area contributed by atoms with E-state index in [2.05, 4.69) is 61.7 Å². The summed E-state index contributed by atoms with van der Waals surface area (Å²) in [6, 6.07) is 14.6. The van der Waals surface area contributed by atoms with E-state index < -0.39 is 0 Å². The maximum absolute atomic E-state index is 5.58. The van der Waals surface area contributed by atoms with E-state index in [-0.39, 0.29) is 0 Å². The molecule has 2 rings (SSSR count). The molecule has 0 atom stereocenters. The van der Waals surface area contributed by atoms with Crippen molar-refractivity contribution in [1.82, 2.24) is 0 Å². The minimum Gasteiger partial charge on any atom is -0.494 e. The van der Waals surface area contributed by atoms with Gasteiger partial charge in [-0.3, -0.25) is 0 Å². The molecule has 0 radical (unpaired) electrons. The van der Waals surface area contributed by atoms with Gasteiger partial charge in [0.2, 0.25) is 0 Å². The highest BCUT2D eigenvalue weighted by Gasteiger charge is 1.98. The molecule has 22 heavy (non-hydrogen) atoms. The molecule has 0 saturated heterocycles. The standard InChI is InChI=1S/C19H26N2O/c1-4-13-22-18-8-6-17(7-9-18)20-11-12-21-19-10-5-15(2)14-16(19)3/h5-10,14,20-21H,4,11-13H2,1-3H3. The van der Waals surface area contributed by atoms with E-state index in [1.54, 1.807) is 0 Å². The zero-order valence-corrected chi connectivity index (χ0v) is 13.8. The first-order valence-electron chi connectivity index (χ1n) is 7.97. The minimum atomic E-state index is 0.770. The molecule has 2 aromatic carbocycles. The summed E-state index contributed by atoms with van der Waals surface area (Å²) in [5.74, 6) is 0.931. The molecular weight excluding hydrogens is 272 g/mol. The number of hydrogen-bond donors (Lipinski definition) is 2. The largest absolute Gasteiger partial charge is 0.494 e. The Labute approximate surface area is 133 Å². The SMILES string of the molecule is CCCOc1ccc(NCCNc2ccc(C)cc2C)cc1. The second kappa shape index (κ2) is 8.32. The third kappa shape index (κ3) is 4.99. The van der Waals surface area contributed by atoms with Gasteiger partial charge in [0.25, 0.3) is 0 Å². The Balaban J connectivity index is 1.74. The van der Waals surface area contributed by atoms with Gasteiger partial charge >= 0.3 is 0 Å². The molecule has 3 heteroatoms. The van der Waals surface area contributed by atoms with Gasteiger partial charge in [0.05, 0.1) is 6.61 Å². The number of anilines is 2. The van der Waals surface area contributed by atoms with Gasteiger partial charge in [-0.2, -0.15) is 0 Å². The summed E-state index contributed by atoms with van der Waals surface area (Å²) in [6.45, 7) is 8.90. The molecule has 3 nitrogen and oxygen atoms in total. The fraction of sp³-hybridized carbons (Fsp3) is 0.368. The first-order chi connectivity index (χ1) is 10.7. The lowest BCUT2D eigenvalue weighted by Crippen LogP contribution is -2.14. The summed E-state index contributed by atoms with van der Waals surface area (Å²) in [6.07, 6.45) is 1.03. The summed E-state index contributed by atoms with van der Waals surface area (Å²) in [7, 11) is 0. The van der Waals surface area contributed by atoms with Gasteiger partial charge in [0.15, 0.2) is 0 Å². The molecule has 0 unspecified atom stereocenters. The van der Waals surface area contributed by atoms with Crippen LogP contribution in [0.15, 0.2) is 42.5 Å². The van der Waals surface area contributed by atoms with Gasteiger partial charge in [0, 0.05) is 24.5 Å². The highest BCUT2D eigenvalue weighted by Crippen LogP contribution is 2.17. The maximum Gasteiger partial charge on any atom is 0.119 e. The van der Waals surface area contributed by atoms with Crippen molar-refractivity contribution in [3.8, 4) is 5.75 Å². The Hall–Kier alpha value is -2.16. The van der Waals surface area contributed by atoms with Crippen LogP contribution >= 0.6 is 0 Å². The van der Waals surface area contributed by atoms with Crippen molar-refractivity contribution in [2.24, 2.45) is 0 Å². The van der Waals surface area contributed by atoms with Gasteiger partial charge in [-0.1, -0.05) is 24.6 Å². The highest BCUT2D eigenvalue weighted by molar-refractivity contribution is 5.52. The third-order valence-electron chi connectivity index (χ3n) is 3.48. The van der Waals surface area contributed by atoms with Crippen molar-refractivity contribution in [2.45, 2.75) is 27.2 Å². The number of benzene rings is 2. The fourth-order valence-corrected chi connectivity index (χ4v) is 2.30. The Kier molecular flexibility index (Phi) is 6.13. The lowest BCUT2D eigenvalue weighted by Gasteiger charge is -2.12. The molecule has 0 spiro atoms. The Morgan fingerprint density at radius 2 is 1.64 bits per heavy atom. The van der Waals surface area contributed by atoms with Gasteiger partial charge in [-0.05, 0) is 56.2 Å². The third-order valence-corrected chi connectivity index (χ3v) is 3.48. The van der Waals surface area contributed by atoms with E-state index in [1.165, 1.54) is 16.8 Å². The summed E-state index contributed by atoms with van der Waals surface area (Å²) < 4.78 is 5.58. The molecule has 0 amide bonds. The van der Waals surface area contributed by atoms with Crippen LogP contribution in [-0.2, 0) is 0 Å². The first kappa shape index (κ1) is 16.2. The number of ether oxygens (including phenoxy) is 1. The van der Waals surface area contributed by atoms with E-state index in [1.807, 2.05) is 12.1 Å². The average Bonchev–Trinajstić information content (AvgIpc) is 2.52. The zero-order chi connectivity index (χ0) is 15.8. The second-order valence-corrected chi connectivity index (χ2v) is 5.54. The van der Waals surface area contributed by atoms with E-state index >= 15 is 0 Å². The molecule has 0 bridgehead atoms. The topological polar surface area (TPSA) is 33.3 Å². The van der Waals surface area contributed by atoms with Crippen LogP contribution in [0.5, 0.6) is 5.75 Å². The normalized spacial score (nSPS) is 10.3.